The molecule has 0 spiro atoms. The number of likely N-dealkylation sites (N-methyl/N-ethyl adjacent to an activating group) is 1. The van der Waals surface area contributed by atoms with Gasteiger partial charge in [0.05, 0.1) is 20.5 Å². The first-order valence-electron chi connectivity index (χ1n) is 11.9. The fourth-order valence-corrected chi connectivity index (χ4v) is 3.75. The number of rotatable bonds is 13. The molecule has 3 rings (SSSR count). The fourth-order valence-electron chi connectivity index (χ4n) is 3.75. The van der Waals surface area contributed by atoms with Crippen LogP contribution in [0.5, 0.6) is 11.5 Å². The van der Waals surface area contributed by atoms with Crippen molar-refractivity contribution in [3.8, 4) is 17.2 Å². The fraction of sp³-hybridized carbons (Fsp3) is 0.357. The van der Waals surface area contributed by atoms with Crippen LogP contribution in [0.25, 0.3) is 11.8 Å². The minimum Gasteiger partial charge on any atom is -0.493 e. The highest BCUT2D eigenvalue weighted by Gasteiger charge is 2.11. The molecular weight excluding hydrogens is 440 g/mol. The lowest BCUT2D eigenvalue weighted by atomic mass is 10.1. The van der Waals surface area contributed by atoms with Crippen molar-refractivity contribution in [2.75, 3.05) is 34.4 Å². The van der Waals surface area contributed by atoms with E-state index in [-0.39, 0.29) is 5.91 Å². The van der Waals surface area contributed by atoms with E-state index in [0.717, 1.165) is 42.1 Å². The Morgan fingerprint density at radius 2 is 1.91 bits per heavy atom. The minimum absolute atomic E-state index is 0.0384. The largest absolute Gasteiger partial charge is 0.493 e. The van der Waals surface area contributed by atoms with Crippen molar-refractivity contribution in [2.24, 2.45) is 0 Å². The van der Waals surface area contributed by atoms with E-state index in [1.165, 1.54) is 5.56 Å². The smallest absolute Gasteiger partial charge is 0.223 e. The molecule has 0 bridgehead atoms. The number of nitrogens with one attached hydrogen (secondary N) is 1. The lowest BCUT2D eigenvalue weighted by Gasteiger charge is -2.25. The zero-order valence-electron chi connectivity index (χ0n) is 21.1. The van der Waals surface area contributed by atoms with Crippen LogP contribution in [0.4, 0.5) is 0 Å². The molecule has 0 aliphatic rings. The van der Waals surface area contributed by atoms with Gasteiger partial charge in [0.25, 0.3) is 0 Å². The number of ether oxygens (including phenoxy) is 2. The third-order valence-electron chi connectivity index (χ3n) is 6.15. The topological polar surface area (TPSA) is 68.6 Å². The molecule has 1 N–H and O–H groups in total. The van der Waals surface area contributed by atoms with E-state index in [0.29, 0.717) is 19.0 Å². The quantitative estimate of drug-likeness (QED) is 0.397. The normalized spacial score (nSPS) is 12.1. The SMILES string of the molecule is COc1ccc(CCN(C)C(C)CCNC(=O)C/C=C/c2ccc(-n3ccnc3)cc2)cc1OC. The predicted molar refractivity (Wildman–Crippen MR) is 140 cm³/mol. The second kappa shape index (κ2) is 13.3. The van der Waals surface area contributed by atoms with E-state index in [1.807, 2.05) is 59.3 Å². The van der Waals surface area contributed by atoms with Crippen LogP contribution in [0.1, 0.15) is 30.9 Å². The number of aromatic nitrogens is 2. The summed E-state index contributed by atoms with van der Waals surface area (Å²) in [4.78, 5) is 18.6. The third-order valence-corrected chi connectivity index (χ3v) is 6.15. The Kier molecular flexibility index (Phi) is 9.93. The Morgan fingerprint density at radius 3 is 2.60 bits per heavy atom. The van der Waals surface area contributed by atoms with E-state index < -0.39 is 0 Å². The Bertz CT molecular complexity index is 1080. The van der Waals surface area contributed by atoms with Crippen LogP contribution >= 0.6 is 0 Å². The summed E-state index contributed by atoms with van der Waals surface area (Å²) < 4.78 is 12.7. The number of nitrogens with zero attached hydrogens (tertiary/aromatic N) is 3. The van der Waals surface area contributed by atoms with Gasteiger partial charge in [0.15, 0.2) is 11.5 Å². The summed E-state index contributed by atoms with van der Waals surface area (Å²) in [7, 11) is 5.42. The van der Waals surface area contributed by atoms with Crippen molar-refractivity contribution in [1.29, 1.82) is 0 Å². The molecule has 0 saturated heterocycles. The maximum atomic E-state index is 12.2. The molecule has 0 saturated carbocycles. The highest BCUT2D eigenvalue weighted by atomic mass is 16.5. The Labute approximate surface area is 208 Å². The minimum atomic E-state index is 0.0384. The highest BCUT2D eigenvalue weighted by Crippen LogP contribution is 2.27. The van der Waals surface area contributed by atoms with Crippen LogP contribution in [0.15, 0.2) is 67.3 Å². The van der Waals surface area contributed by atoms with Crippen molar-refractivity contribution >= 4 is 12.0 Å². The van der Waals surface area contributed by atoms with Gasteiger partial charge in [-0.1, -0.05) is 30.4 Å². The molecular formula is C28H36N4O3. The zero-order valence-corrected chi connectivity index (χ0v) is 21.1. The predicted octanol–water partition coefficient (Wildman–Crippen LogP) is 4.36. The summed E-state index contributed by atoms with van der Waals surface area (Å²) in [5, 5.41) is 3.03. The molecule has 1 unspecified atom stereocenters. The summed E-state index contributed by atoms with van der Waals surface area (Å²) in [6.45, 7) is 3.77. The summed E-state index contributed by atoms with van der Waals surface area (Å²) >= 11 is 0. The van der Waals surface area contributed by atoms with E-state index in [1.54, 1.807) is 26.7 Å². The number of amides is 1. The summed E-state index contributed by atoms with van der Waals surface area (Å²) in [6, 6.07) is 14.5. The first-order chi connectivity index (χ1) is 17.0. The first-order valence-corrected chi connectivity index (χ1v) is 11.9. The van der Waals surface area contributed by atoms with E-state index >= 15 is 0 Å². The zero-order chi connectivity index (χ0) is 25.0. The number of carbonyl (C=O) groups excluding carboxylic acids is 1. The van der Waals surface area contributed by atoms with Crippen molar-refractivity contribution in [3.05, 3.63) is 78.4 Å². The molecule has 0 radical (unpaired) electrons. The van der Waals surface area contributed by atoms with Gasteiger partial charge in [-0.2, -0.15) is 0 Å². The van der Waals surface area contributed by atoms with Gasteiger partial charge in [-0.05, 0) is 62.2 Å². The third kappa shape index (κ3) is 8.00. The molecule has 186 valence electrons. The molecule has 7 nitrogen and oxygen atoms in total. The molecule has 1 atom stereocenters. The number of hydrogen-bond acceptors (Lipinski definition) is 5. The molecule has 2 aromatic carbocycles. The monoisotopic (exact) mass is 476 g/mol. The molecule has 1 heterocycles. The molecule has 0 aliphatic carbocycles. The molecule has 0 fully saturated rings. The Balaban J connectivity index is 1.34. The van der Waals surface area contributed by atoms with Gasteiger partial charge >= 0.3 is 0 Å². The van der Waals surface area contributed by atoms with E-state index in [2.05, 4.69) is 35.2 Å². The standard InChI is InChI=1S/C28H36N4O3/c1-22(31(2)18-15-24-10-13-26(34-3)27(20-24)35-4)14-16-30-28(33)7-5-6-23-8-11-25(12-9-23)32-19-17-29-21-32/h5-6,8-13,17,19-22H,7,14-16,18H2,1-4H3,(H,30,33)/b6-5+. The average molecular weight is 477 g/mol. The van der Waals surface area contributed by atoms with Crippen molar-refractivity contribution in [1.82, 2.24) is 19.8 Å². The number of imidazole rings is 1. The van der Waals surface area contributed by atoms with Gasteiger partial charge in [-0.15, -0.1) is 0 Å². The van der Waals surface area contributed by atoms with Gasteiger partial charge in [0.1, 0.15) is 0 Å². The number of carbonyl (C=O) groups is 1. The van der Waals surface area contributed by atoms with Crippen LogP contribution in [0.2, 0.25) is 0 Å². The van der Waals surface area contributed by atoms with Crippen LogP contribution in [-0.2, 0) is 11.2 Å². The lowest BCUT2D eigenvalue weighted by molar-refractivity contribution is -0.120. The maximum absolute atomic E-state index is 12.2. The van der Waals surface area contributed by atoms with Gasteiger partial charge in [0, 0.05) is 43.6 Å². The van der Waals surface area contributed by atoms with Crippen LogP contribution in [0.3, 0.4) is 0 Å². The maximum Gasteiger partial charge on any atom is 0.223 e. The van der Waals surface area contributed by atoms with Gasteiger partial charge in [0.2, 0.25) is 5.91 Å². The highest BCUT2D eigenvalue weighted by molar-refractivity contribution is 5.78. The molecule has 0 aliphatic heterocycles. The van der Waals surface area contributed by atoms with Crippen LogP contribution in [-0.4, -0.2) is 60.8 Å². The Hall–Kier alpha value is -3.58. The van der Waals surface area contributed by atoms with E-state index in [4.69, 9.17) is 9.47 Å². The van der Waals surface area contributed by atoms with Crippen molar-refractivity contribution in [3.63, 3.8) is 0 Å². The summed E-state index contributed by atoms with van der Waals surface area (Å²) in [5.41, 5.74) is 3.32. The van der Waals surface area contributed by atoms with Gasteiger partial charge in [-0.25, -0.2) is 4.98 Å². The van der Waals surface area contributed by atoms with Crippen LogP contribution < -0.4 is 14.8 Å². The summed E-state index contributed by atoms with van der Waals surface area (Å²) in [5.74, 6) is 1.53. The number of methoxy groups -OCH3 is 2. The van der Waals surface area contributed by atoms with E-state index in [9.17, 15) is 4.79 Å². The molecule has 35 heavy (non-hydrogen) atoms. The number of benzene rings is 2. The van der Waals surface area contributed by atoms with Gasteiger partial charge < -0.3 is 24.3 Å². The van der Waals surface area contributed by atoms with Gasteiger partial charge in [-0.3, -0.25) is 4.79 Å². The summed E-state index contributed by atoms with van der Waals surface area (Å²) in [6.07, 6.45) is 11.5. The second-order valence-corrected chi connectivity index (χ2v) is 8.58. The molecule has 1 amide bonds. The van der Waals surface area contributed by atoms with Crippen molar-refractivity contribution < 1.29 is 14.3 Å². The second-order valence-electron chi connectivity index (χ2n) is 8.58. The lowest BCUT2D eigenvalue weighted by Crippen LogP contribution is -2.35. The van der Waals surface area contributed by atoms with Crippen LogP contribution in [0, 0.1) is 0 Å². The van der Waals surface area contributed by atoms with Crippen molar-refractivity contribution in [2.45, 2.75) is 32.2 Å². The Morgan fingerprint density at radius 1 is 1.14 bits per heavy atom. The molecule has 1 aromatic heterocycles. The molecule has 7 heteroatoms. The first kappa shape index (κ1) is 26.0. The average Bonchev–Trinajstić information content (AvgIpc) is 3.42. The number of hydrogen-bond donors (Lipinski definition) is 1. The molecule has 3 aromatic rings.